The molecule has 7 heteroatoms. The third-order valence-corrected chi connectivity index (χ3v) is 5.74. The van der Waals surface area contributed by atoms with Gasteiger partial charge in [0.25, 0.3) is 0 Å². The van der Waals surface area contributed by atoms with Gasteiger partial charge in [-0.15, -0.1) is 0 Å². The van der Waals surface area contributed by atoms with E-state index in [0.717, 1.165) is 45.8 Å². The van der Waals surface area contributed by atoms with Crippen LogP contribution in [0.5, 0.6) is 0 Å². The number of rotatable bonds is 4. The van der Waals surface area contributed by atoms with Crippen molar-refractivity contribution in [3.63, 3.8) is 0 Å². The minimum absolute atomic E-state index is 0.0104. The van der Waals surface area contributed by atoms with Gasteiger partial charge in [-0.2, -0.15) is 5.10 Å². The third-order valence-electron chi connectivity index (χ3n) is 5.74. The molecule has 1 aromatic carbocycles. The molecule has 3 aromatic rings. The number of fused-ring (bicyclic) bond motifs is 3. The summed E-state index contributed by atoms with van der Waals surface area (Å²) in [5.74, 6) is 0.415. The third kappa shape index (κ3) is 2.74. The highest BCUT2D eigenvalue weighted by Crippen LogP contribution is 2.30. The summed E-state index contributed by atoms with van der Waals surface area (Å²) in [6.07, 6.45) is 8.96. The molecule has 1 atom stereocenters. The minimum Gasteiger partial charge on any atom is -0.383 e. The van der Waals surface area contributed by atoms with Gasteiger partial charge in [-0.3, -0.25) is 14.5 Å². The van der Waals surface area contributed by atoms with E-state index in [4.69, 9.17) is 10.8 Å². The number of nitrogens with two attached hydrogens (primary N) is 1. The van der Waals surface area contributed by atoms with Gasteiger partial charge in [0, 0.05) is 23.8 Å². The van der Waals surface area contributed by atoms with Crippen LogP contribution in [0.1, 0.15) is 37.8 Å². The first-order valence-corrected chi connectivity index (χ1v) is 9.68. The van der Waals surface area contributed by atoms with Crippen LogP contribution in [0.25, 0.3) is 27.4 Å². The molecule has 0 saturated heterocycles. The van der Waals surface area contributed by atoms with Crippen molar-refractivity contribution in [3.8, 4) is 0 Å². The van der Waals surface area contributed by atoms with Gasteiger partial charge in [-0.25, -0.2) is 4.98 Å². The van der Waals surface area contributed by atoms with E-state index in [-0.39, 0.29) is 5.91 Å². The molecule has 1 aliphatic heterocycles. The fourth-order valence-corrected chi connectivity index (χ4v) is 3.72. The van der Waals surface area contributed by atoms with Gasteiger partial charge >= 0.3 is 0 Å². The maximum Gasteiger partial charge on any atom is 0.244 e. The average molecular weight is 374 g/mol. The zero-order chi connectivity index (χ0) is 19.3. The maximum absolute atomic E-state index is 12.5. The van der Waals surface area contributed by atoms with Crippen LogP contribution in [0.15, 0.2) is 35.5 Å². The number of anilines is 1. The van der Waals surface area contributed by atoms with Crippen LogP contribution >= 0.6 is 0 Å². The largest absolute Gasteiger partial charge is 0.383 e. The first-order valence-electron chi connectivity index (χ1n) is 9.68. The zero-order valence-corrected chi connectivity index (χ0v) is 15.7. The molecule has 0 bridgehead atoms. The van der Waals surface area contributed by atoms with Crippen LogP contribution in [-0.2, 0) is 4.79 Å². The van der Waals surface area contributed by atoms with E-state index in [2.05, 4.69) is 21.4 Å². The molecule has 1 aliphatic carbocycles. The highest BCUT2D eigenvalue weighted by atomic mass is 16.2. The molecule has 0 spiro atoms. The van der Waals surface area contributed by atoms with E-state index in [1.54, 1.807) is 4.68 Å². The Bertz CT molecular complexity index is 1150. The van der Waals surface area contributed by atoms with Crippen LogP contribution in [0, 0.1) is 0 Å². The van der Waals surface area contributed by atoms with E-state index in [1.165, 1.54) is 6.42 Å². The Balaban J connectivity index is 1.53. The van der Waals surface area contributed by atoms with Crippen LogP contribution in [-0.4, -0.2) is 39.5 Å². The predicted molar refractivity (Wildman–Crippen MR) is 111 cm³/mol. The molecule has 142 valence electrons. The lowest BCUT2D eigenvalue weighted by atomic mass is 9.93. The lowest BCUT2D eigenvalue weighted by Crippen LogP contribution is -2.42. The number of nitrogens with one attached hydrogen (secondary N) is 1. The summed E-state index contributed by atoms with van der Waals surface area (Å²) >= 11 is 0. The Morgan fingerprint density at radius 1 is 1.32 bits per heavy atom. The number of nitrogen functional groups attached to an aromatic ring is 1. The minimum atomic E-state index is -0.400. The Morgan fingerprint density at radius 3 is 2.89 bits per heavy atom. The molecule has 0 radical (unpaired) electrons. The SMILES string of the molecule is CC(C(=O)NC1CCC1)n1cc2c(N)nc3cc(C4=CC=NC4)ccc3c2n1. The van der Waals surface area contributed by atoms with Gasteiger partial charge in [0.15, 0.2) is 0 Å². The topological polar surface area (TPSA) is 98.2 Å². The van der Waals surface area contributed by atoms with E-state index in [9.17, 15) is 4.79 Å². The number of allylic oxidation sites excluding steroid dienone is 1. The monoisotopic (exact) mass is 374 g/mol. The fraction of sp³-hybridized carbons (Fsp3) is 0.333. The Kier molecular flexibility index (Phi) is 3.89. The van der Waals surface area contributed by atoms with Gasteiger partial charge in [0.05, 0.1) is 17.4 Å². The number of amides is 1. The van der Waals surface area contributed by atoms with E-state index in [1.807, 2.05) is 37.5 Å². The van der Waals surface area contributed by atoms with Crippen molar-refractivity contribution in [2.75, 3.05) is 12.3 Å². The van der Waals surface area contributed by atoms with Crippen molar-refractivity contribution in [1.29, 1.82) is 0 Å². The molecule has 2 aromatic heterocycles. The van der Waals surface area contributed by atoms with E-state index in [0.29, 0.717) is 18.4 Å². The number of carbonyl (C=O) groups is 1. The Labute approximate surface area is 162 Å². The fourth-order valence-electron chi connectivity index (χ4n) is 3.72. The first kappa shape index (κ1) is 16.9. The van der Waals surface area contributed by atoms with Crippen LogP contribution < -0.4 is 11.1 Å². The molecule has 2 aliphatic rings. The number of aromatic nitrogens is 3. The summed E-state index contributed by atoms with van der Waals surface area (Å²) in [6.45, 7) is 2.54. The summed E-state index contributed by atoms with van der Waals surface area (Å²) in [6, 6.07) is 6.01. The standard InChI is InChI=1S/C21H22N6O/c1-12(21(28)24-15-3-2-4-15)27-11-17-19(26-27)16-6-5-13(14-7-8-23-10-14)9-18(16)25-20(17)22/h5-9,11-12,15H,2-4,10H2,1H3,(H2,22,25)(H,24,28). The molecule has 3 heterocycles. The second-order valence-corrected chi connectivity index (χ2v) is 7.59. The Morgan fingerprint density at radius 2 is 2.18 bits per heavy atom. The van der Waals surface area contributed by atoms with Gasteiger partial charge in [-0.1, -0.05) is 6.07 Å². The van der Waals surface area contributed by atoms with Crippen molar-refractivity contribution in [3.05, 3.63) is 36.0 Å². The molecule has 1 saturated carbocycles. The molecule has 28 heavy (non-hydrogen) atoms. The van der Waals surface area contributed by atoms with Gasteiger partial charge in [-0.05, 0) is 55.5 Å². The lowest BCUT2D eigenvalue weighted by Gasteiger charge is -2.27. The zero-order valence-electron chi connectivity index (χ0n) is 15.7. The van der Waals surface area contributed by atoms with Crippen LogP contribution in [0.2, 0.25) is 0 Å². The van der Waals surface area contributed by atoms with Crippen LogP contribution in [0.3, 0.4) is 0 Å². The second kappa shape index (κ2) is 6.44. The highest BCUT2D eigenvalue weighted by molar-refractivity contribution is 6.08. The number of aliphatic imine (C=N–C) groups is 1. The summed E-state index contributed by atoms with van der Waals surface area (Å²) in [4.78, 5) is 21.3. The predicted octanol–water partition coefficient (Wildman–Crippen LogP) is 2.86. The number of benzene rings is 1. The molecule has 5 rings (SSSR count). The van der Waals surface area contributed by atoms with Crippen molar-refractivity contribution >= 4 is 45.3 Å². The molecule has 1 amide bonds. The number of hydrogen-bond donors (Lipinski definition) is 2. The van der Waals surface area contributed by atoms with E-state index < -0.39 is 6.04 Å². The molecule has 3 N–H and O–H groups in total. The maximum atomic E-state index is 12.5. The lowest BCUT2D eigenvalue weighted by molar-refractivity contribution is -0.125. The Hall–Kier alpha value is -3.22. The molecule has 1 fully saturated rings. The molecular weight excluding hydrogens is 352 g/mol. The van der Waals surface area contributed by atoms with Crippen LogP contribution in [0.4, 0.5) is 5.82 Å². The van der Waals surface area contributed by atoms with Crippen molar-refractivity contribution in [2.24, 2.45) is 4.99 Å². The van der Waals surface area contributed by atoms with Crippen molar-refractivity contribution in [1.82, 2.24) is 20.1 Å². The number of hydrogen-bond acceptors (Lipinski definition) is 5. The second-order valence-electron chi connectivity index (χ2n) is 7.59. The van der Waals surface area contributed by atoms with Gasteiger partial charge in [0.1, 0.15) is 17.4 Å². The quantitative estimate of drug-likeness (QED) is 0.734. The summed E-state index contributed by atoms with van der Waals surface area (Å²) in [5, 5.41) is 9.48. The molecular formula is C21H22N6O. The van der Waals surface area contributed by atoms with Crippen molar-refractivity contribution in [2.45, 2.75) is 38.3 Å². The number of pyridine rings is 1. The van der Waals surface area contributed by atoms with E-state index >= 15 is 0 Å². The molecule has 7 nitrogen and oxygen atoms in total. The normalized spacial score (nSPS) is 17.7. The summed E-state index contributed by atoms with van der Waals surface area (Å²) in [5.41, 5.74) is 10.0. The number of nitrogens with zero attached hydrogens (tertiary/aromatic N) is 4. The summed E-state index contributed by atoms with van der Waals surface area (Å²) < 4.78 is 1.69. The molecule has 1 unspecified atom stereocenters. The van der Waals surface area contributed by atoms with Gasteiger partial charge < -0.3 is 11.1 Å². The van der Waals surface area contributed by atoms with Crippen molar-refractivity contribution < 1.29 is 4.79 Å². The smallest absolute Gasteiger partial charge is 0.244 e. The summed E-state index contributed by atoms with van der Waals surface area (Å²) in [7, 11) is 0. The first-order chi connectivity index (χ1) is 13.6. The number of carbonyl (C=O) groups excluding carboxylic acids is 1. The average Bonchev–Trinajstić information content (AvgIpc) is 3.33. The highest BCUT2D eigenvalue weighted by Gasteiger charge is 2.24. The van der Waals surface area contributed by atoms with Gasteiger partial charge in [0.2, 0.25) is 5.91 Å².